The van der Waals surface area contributed by atoms with Crippen molar-refractivity contribution in [3.05, 3.63) is 29.8 Å². The van der Waals surface area contributed by atoms with E-state index in [2.05, 4.69) is 10.8 Å². The number of carbonyl (C=O) groups excluding carboxylic acids is 1. The molecule has 0 radical (unpaired) electrons. The lowest BCUT2D eigenvalue weighted by Crippen LogP contribution is -2.60. The van der Waals surface area contributed by atoms with Crippen LogP contribution in [-0.4, -0.2) is 62.4 Å². The van der Waals surface area contributed by atoms with Crippen LogP contribution in [0.5, 0.6) is 5.75 Å². The molecule has 2 atom stereocenters. The molecule has 0 unspecified atom stereocenters. The standard InChI is InChI=1S/C24H34N2O5S/c27-24-16-31-23-9-2-1-7-20(23)17-10-12-18(13-11-17)30-15-22-21(8-4-14-26(22)24)25-32(28,29)19-5-3-6-19/h1-2,7,9,17-19,21-22,25H,3-6,8,10-16H2/t17?,18?,21-,22-/m0/s1. The van der Waals surface area contributed by atoms with Gasteiger partial charge in [-0.05, 0) is 68.9 Å². The zero-order valence-corrected chi connectivity index (χ0v) is 19.4. The van der Waals surface area contributed by atoms with Gasteiger partial charge in [0.15, 0.2) is 6.61 Å². The third kappa shape index (κ3) is 4.54. The van der Waals surface area contributed by atoms with Crippen molar-refractivity contribution in [1.82, 2.24) is 9.62 Å². The molecule has 6 rings (SSSR count). The molecule has 0 spiro atoms. The van der Waals surface area contributed by atoms with Gasteiger partial charge in [0, 0.05) is 12.6 Å². The van der Waals surface area contributed by atoms with E-state index in [9.17, 15) is 13.2 Å². The normalized spacial score (nSPS) is 31.9. The second kappa shape index (κ2) is 9.31. The molecule has 1 aromatic carbocycles. The lowest BCUT2D eigenvalue weighted by atomic mass is 9.82. The maximum Gasteiger partial charge on any atom is 0.260 e. The second-order valence-corrected chi connectivity index (χ2v) is 11.7. The Hall–Kier alpha value is -1.64. The summed E-state index contributed by atoms with van der Waals surface area (Å²) < 4.78 is 41.0. The molecule has 32 heavy (non-hydrogen) atoms. The number of piperidine rings is 1. The van der Waals surface area contributed by atoms with E-state index in [1.807, 2.05) is 18.2 Å². The Balaban J connectivity index is 1.39. The van der Waals surface area contributed by atoms with Crippen LogP contribution in [0.1, 0.15) is 69.3 Å². The zero-order chi connectivity index (χ0) is 22.1. The highest BCUT2D eigenvalue weighted by Crippen LogP contribution is 2.39. The van der Waals surface area contributed by atoms with Crippen LogP contribution in [0, 0.1) is 0 Å². The van der Waals surface area contributed by atoms with Crippen LogP contribution in [-0.2, 0) is 19.6 Å². The molecule has 1 amide bonds. The number of para-hydroxylation sites is 1. The third-order valence-electron chi connectivity index (χ3n) is 7.79. The number of amides is 1. The van der Waals surface area contributed by atoms with Crippen LogP contribution in [0.3, 0.4) is 0 Å². The molecule has 2 saturated carbocycles. The van der Waals surface area contributed by atoms with Crippen molar-refractivity contribution >= 4 is 15.9 Å². The quantitative estimate of drug-likeness (QED) is 0.747. The first kappa shape index (κ1) is 22.2. The van der Waals surface area contributed by atoms with Crippen molar-refractivity contribution in [2.24, 2.45) is 0 Å². The summed E-state index contributed by atoms with van der Waals surface area (Å²) in [5, 5.41) is -0.292. The molecule has 2 bridgehead atoms. The van der Waals surface area contributed by atoms with Gasteiger partial charge in [-0.25, -0.2) is 13.1 Å². The van der Waals surface area contributed by atoms with E-state index in [4.69, 9.17) is 9.47 Å². The Kier molecular flexibility index (Phi) is 6.45. The molecule has 8 heteroatoms. The Labute approximate surface area is 190 Å². The van der Waals surface area contributed by atoms with E-state index >= 15 is 0 Å². The Morgan fingerprint density at radius 1 is 0.969 bits per heavy atom. The zero-order valence-electron chi connectivity index (χ0n) is 18.6. The Morgan fingerprint density at radius 2 is 1.75 bits per heavy atom. The van der Waals surface area contributed by atoms with Gasteiger partial charge in [0.05, 0.1) is 24.0 Å². The molecule has 3 fully saturated rings. The van der Waals surface area contributed by atoms with Crippen LogP contribution >= 0.6 is 0 Å². The Morgan fingerprint density at radius 3 is 2.50 bits per heavy atom. The number of nitrogens with zero attached hydrogens (tertiary/aromatic N) is 1. The van der Waals surface area contributed by atoms with Crippen LogP contribution < -0.4 is 9.46 Å². The summed E-state index contributed by atoms with van der Waals surface area (Å²) in [5.41, 5.74) is 1.18. The molecule has 0 aromatic heterocycles. The maximum atomic E-state index is 13.2. The molecule has 7 nitrogen and oxygen atoms in total. The summed E-state index contributed by atoms with van der Waals surface area (Å²) in [5.74, 6) is 1.11. The van der Waals surface area contributed by atoms with Crippen LogP contribution in [0.4, 0.5) is 0 Å². The molecule has 3 aliphatic heterocycles. The fourth-order valence-electron chi connectivity index (χ4n) is 5.65. The predicted octanol–water partition coefficient (Wildman–Crippen LogP) is 2.95. The average molecular weight is 463 g/mol. The van der Waals surface area contributed by atoms with Gasteiger partial charge in [-0.2, -0.15) is 0 Å². The summed E-state index contributed by atoms with van der Waals surface area (Å²) in [6.07, 6.45) is 8.07. The summed E-state index contributed by atoms with van der Waals surface area (Å²) in [7, 11) is -3.37. The maximum absolute atomic E-state index is 13.2. The van der Waals surface area contributed by atoms with E-state index in [1.54, 1.807) is 4.90 Å². The Bertz CT molecular complexity index is 924. The van der Waals surface area contributed by atoms with E-state index in [0.29, 0.717) is 19.1 Å². The molecule has 1 N–H and O–H groups in total. The highest BCUT2D eigenvalue weighted by atomic mass is 32.2. The molecule has 1 aromatic rings. The summed E-state index contributed by atoms with van der Waals surface area (Å²) in [6, 6.07) is 7.43. The third-order valence-corrected chi connectivity index (χ3v) is 9.77. The van der Waals surface area contributed by atoms with Gasteiger partial charge in [0.2, 0.25) is 10.0 Å². The minimum Gasteiger partial charge on any atom is -0.483 e. The van der Waals surface area contributed by atoms with Gasteiger partial charge in [-0.1, -0.05) is 24.6 Å². The molecule has 5 aliphatic rings. The van der Waals surface area contributed by atoms with Gasteiger partial charge >= 0.3 is 0 Å². The fraction of sp³-hybridized carbons (Fsp3) is 0.708. The highest BCUT2D eigenvalue weighted by Gasteiger charge is 2.40. The monoisotopic (exact) mass is 462 g/mol. The highest BCUT2D eigenvalue weighted by molar-refractivity contribution is 7.90. The second-order valence-electron chi connectivity index (χ2n) is 9.75. The number of fused-ring (bicyclic) bond motifs is 5. The van der Waals surface area contributed by atoms with Crippen molar-refractivity contribution in [1.29, 1.82) is 0 Å². The number of sulfonamides is 1. The number of hydrogen-bond acceptors (Lipinski definition) is 5. The first-order valence-corrected chi connectivity index (χ1v) is 13.7. The average Bonchev–Trinajstić information content (AvgIpc) is 2.76. The van der Waals surface area contributed by atoms with Crippen molar-refractivity contribution in [3.8, 4) is 5.75 Å². The number of hydrogen-bond donors (Lipinski definition) is 1. The van der Waals surface area contributed by atoms with Crippen LogP contribution in [0.25, 0.3) is 0 Å². The van der Waals surface area contributed by atoms with E-state index in [-0.39, 0.29) is 36.0 Å². The molecule has 176 valence electrons. The van der Waals surface area contributed by atoms with Crippen molar-refractivity contribution in [2.45, 2.75) is 87.1 Å². The molecule has 3 heterocycles. The van der Waals surface area contributed by atoms with Gasteiger partial charge in [-0.15, -0.1) is 0 Å². The predicted molar refractivity (Wildman–Crippen MR) is 121 cm³/mol. The lowest BCUT2D eigenvalue weighted by molar-refractivity contribution is -0.140. The molecule has 2 aliphatic carbocycles. The summed E-state index contributed by atoms with van der Waals surface area (Å²) >= 11 is 0. The number of nitrogens with one attached hydrogen (secondary N) is 1. The lowest BCUT2D eigenvalue weighted by Gasteiger charge is -2.42. The molecular weight excluding hydrogens is 428 g/mol. The van der Waals surface area contributed by atoms with Gasteiger partial charge < -0.3 is 14.4 Å². The number of ether oxygens (including phenoxy) is 2. The molecular formula is C24H34N2O5S. The van der Waals surface area contributed by atoms with Crippen LogP contribution in [0.15, 0.2) is 24.3 Å². The first-order chi connectivity index (χ1) is 15.5. The van der Waals surface area contributed by atoms with E-state index in [1.165, 1.54) is 5.56 Å². The van der Waals surface area contributed by atoms with Crippen molar-refractivity contribution < 1.29 is 22.7 Å². The van der Waals surface area contributed by atoms with Crippen molar-refractivity contribution in [3.63, 3.8) is 0 Å². The minimum absolute atomic E-state index is 0.0360. The fourth-order valence-corrected chi connectivity index (χ4v) is 7.49. The topological polar surface area (TPSA) is 84.9 Å². The van der Waals surface area contributed by atoms with E-state index < -0.39 is 10.0 Å². The summed E-state index contributed by atoms with van der Waals surface area (Å²) in [6.45, 7) is 0.935. The SMILES string of the molecule is O=C1COc2ccccc2C2CCC(CC2)OC[C@H]2[C@@H](NS(=O)(=O)C3CCC3)CCCN12. The number of rotatable bonds is 3. The van der Waals surface area contributed by atoms with Gasteiger partial charge in [0.1, 0.15) is 5.75 Å². The van der Waals surface area contributed by atoms with Gasteiger partial charge in [0.25, 0.3) is 5.91 Å². The largest absolute Gasteiger partial charge is 0.483 e. The smallest absolute Gasteiger partial charge is 0.260 e. The molecule has 1 saturated heterocycles. The number of benzene rings is 1. The van der Waals surface area contributed by atoms with Crippen molar-refractivity contribution in [2.75, 3.05) is 19.8 Å². The minimum atomic E-state index is -3.37. The van der Waals surface area contributed by atoms with Gasteiger partial charge in [-0.3, -0.25) is 4.79 Å². The number of carbonyl (C=O) groups is 1. The first-order valence-electron chi connectivity index (χ1n) is 12.2. The summed E-state index contributed by atoms with van der Waals surface area (Å²) in [4.78, 5) is 15.0. The van der Waals surface area contributed by atoms with Crippen LogP contribution in [0.2, 0.25) is 0 Å². The van der Waals surface area contributed by atoms with E-state index in [0.717, 1.165) is 63.5 Å².